The van der Waals surface area contributed by atoms with Gasteiger partial charge in [-0.05, 0) is 37.5 Å². The van der Waals surface area contributed by atoms with Crippen molar-refractivity contribution in [1.82, 2.24) is 0 Å². The highest BCUT2D eigenvalue weighted by atomic mass is 16.3. The van der Waals surface area contributed by atoms with Gasteiger partial charge in [-0.2, -0.15) is 0 Å². The molecule has 0 aromatic heterocycles. The zero-order valence-electron chi connectivity index (χ0n) is 9.57. The highest BCUT2D eigenvalue weighted by Gasteiger charge is 2.29. The maximum atomic E-state index is 10.0. The fraction of sp³-hybridized carbons (Fsp3) is 1.00. The Hall–Kier alpha value is -0.0800. The van der Waals surface area contributed by atoms with Gasteiger partial charge in [-0.25, -0.2) is 0 Å². The topological polar surface area (TPSA) is 40.5 Å². The number of aliphatic hydroxyl groups excluding tert-OH is 2. The molecule has 0 amide bonds. The third-order valence-electron chi connectivity index (χ3n) is 4.09. The minimum atomic E-state index is -0.464. The predicted octanol–water partition coefficient (Wildman–Crippen LogP) is 2.48. The van der Waals surface area contributed by atoms with Gasteiger partial charge in [0.2, 0.25) is 0 Å². The normalized spacial score (nSPS) is 27.6. The van der Waals surface area contributed by atoms with E-state index in [9.17, 15) is 10.2 Å². The zero-order chi connectivity index (χ0) is 10.7. The molecule has 2 unspecified atom stereocenters. The molecule has 2 rings (SSSR count). The molecule has 0 aromatic carbocycles. The molecular formula is C13H24O2. The average molecular weight is 212 g/mol. The third-order valence-corrected chi connectivity index (χ3v) is 4.09. The number of hydrogen-bond donors (Lipinski definition) is 2. The SMILES string of the molecule is OC(CCC1CC1)C(O)C1CCCCC1. The van der Waals surface area contributed by atoms with E-state index in [0.717, 1.165) is 31.6 Å². The second-order valence-electron chi connectivity index (χ2n) is 5.48. The lowest BCUT2D eigenvalue weighted by atomic mass is 9.82. The van der Waals surface area contributed by atoms with Crippen LogP contribution in [0.2, 0.25) is 0 Å². The molecule has 0 bridgehead atoms. The molecule has 2 aliphatic carbocycles. The van der Waals surface area contributed by atoms with E-state index < -0.39 is 12.2 Å². The van der Waals surface area contributed by atoms with Gasteiger partial charge in [-0.15, -0.1) is 0 Å². The van der Waals surface area contributed by atoms with Crippen molar-refractivity contribution in [2.45, 2.75) is 70.0 Å². The van der Waals surface area contributed by atoms with Crippen LogP contribution >= 0.6 is 0 Å². The number of rotatable bonds is 5. The number of aliphatic hydroxyl groups is 2. The minimum Gasteiger partial charge on any atom is -0.390 e. The molecule has 2 heteroatoms. The molecule has 0 radical (unpaired) electrons. The van der Waals surface area contributed by atoms with Gasteiger partial charge in [0.25, 0.3) is 0 Å². The summed E-state index contributed by atoms with van der Waals surface area (Å²) in [5.74, 6) is 1.23. The van der Waals surface area contributed by atoms with E-state index in [1.54, 1.807) is 0 Å². The quantitative estimate of drug-likeness (QED) is 0.735. The van der Waals surface area contributed by atoms with Crippen LogP contribution in [0.25, 0.3) is 0 Å². The van der Waals surface area contributed by atoms with Gasteiger partial charge >= 0.3 is 0 Å². The molecule has 0 heterocycles. The van der Waals surface area contributed by atoms with E-state index in [1.165, 1.54) is 32.1 Å². The molecule has 0 saturated heterocycles. The van der Waals surface area contributed by atoms with E-state index in [0.29, 0.717) is 5.92 Å². The molecule has 0 spiro atoms. The monoisotopic (exact) mass is 212 g/mol. The first-order valence-electron chi connectivity index (χ1n) is 6.63. The Labute approximate surface area is 92.7 Å². The Kier molecular flexibility index (Phi) is 4.04. The molecule has 0 aliphatic heterocycles. The second-order valence-corrected chi connectivity index (χ2v) is 5.48. The first kappa shape index (κ1) is 11.4. The van der Waals surface area contributed by atoms with E-state index in [2.05, 4.69) is 0 Å². The van der Waals surface area contributed by atoms with Gasteiger partial charge in [0.1, 0.15) is 0 Å². The average Bonchev–Trinajstić information content (AvgIpc) is 3.10. The summed E-state index contributed by atoms with van der Waals surface area (Å²) >= 11 is 0. The summed E-state index contributed by atoms with van der Waals surface area (Å²) in [6.45, 7) is 0. The summed E-state index contributed by atoms with van der Waals surface area (Å²) in [4.78, 5) is 0. The predicted molar refractivity (Wildman–Crippen MR) is 60.5 cm³/mol. The lowest BCUT2D eigenvalue weighted by Gasteiger charge is -2.29. The summed E-state index contributed by atoms with van der Waals surface area (Å²) in [5.41, 5.74) is 0. The third kappa shape index (κ3) is 3.46. The number of hydrogen-bond acceptors (Lipinski definition) is 2. The van der Waals surface area contributed by atoms with Crippen LogP contribution in [0.15, 0.2) is 0 Å². The Morgan fingerprint density at radius 2 is 1.60 bits per heavy atom. The summed E-state index contributed by atoms with van der Waals surface area (Å²) in [6.07, 6.45) is 9.68. The van der Waals surface area contributed by atoms with Gasteiger partial charge in [-0.3, -0.25) is 0 Å². The van der Waals surface area contributed by atoms with Crippen LogP contribution in [0.5, 0.6) is 0 Å². The first-order valence-corrected chi connectivity index (χ1v) is 6.63. The van der Waals surface area contributed by atoms with Gasteiger partial charge in [-0.1, -0.05) is 32.1 Å². The van der Waals surface area contributed by atoms with Crippen molar-refractivity contribution in [2.75, 3.05) is 0 Å². The molecule has 2 N–H and O–H groups in total. The van der Waals surface area contributed by atoms with Gasteiger partial charge < -0.3 is 10.2 Å². The first-order chi connectivity index (χ1) is 7.27. The van der Waals surface area contributed by atoms with Crippen molar-refractivity contribution in [3.05, 3.63) is 0 Å². The molecule has 2 fully saturated rings. The molecular weight excluding hydrogens is 188 g/mol. The zero-order valence-corrected chi connectivity index (χ0v) is 9.57. The van der Waals surface area contributed by atoms with Crippen molar-refractivity contribution >= 4 is 0 Å². The maximum absolute atomic E-state index is 10.0. The Morgan fingerprint density at radius 3 is 2.20 bits per heavy atom. The van der Waals surface area contributed by atoms with Crippen LogP contribution in [0.4, 0.5) is 0 Å². The summed E-state index contributed by atoms with van der Waals surface area (Å²) < 4.78 is 0. The Balaban J connectivity index is 1.69. The Morgan fingerprint density at radius 1 is 0.933 bits per heavy atom. The van der Waals surface area contributed by atoms with Gasteiger partial charge in [0, 0.05) is 0 Å². The lowest BCUT2D eigenvalue weighted by Crippen LogP contribution is -2.34. The van der Waals surface area contributed by atoms with E-state index in [-0.39, 0.29) is 0 Å². The lowest BCUT2D eigenvalue weighted by molar-refractivity contribution is -0.0318. The second kappa shape index (κ2) is 5.31. The van der Waals surface area contributed by atoms with Crippen LogP contribution in [0, 0.1) is 11.8 Å². The van der Waals surface area contributed by atoms with E-state index >= 15 is 0 Å². The van der Waals surface area contributed by atoms with Crippen molar-refractivity contribution < 1.29 is 10.2 Å². The van der Waals surface area contributed by atoms with Crippen LogP contribution in [0.3, 0.4) is 0 Å². The largest absolute Gasteiger partial charge is 0.390 e. The van der Waals surface area contributed by atoms with Crippen molar-refractivity contribution in [3.8, 4) is 0 Å². The van der Waals surface area contributed by atoms with Crippen molar-refractivity contribution in [3.63, 3.8) is 0 Å². The van der Waals surface area contributed by atoms with Crippen LogP contribution in [-0.2, 0) is 0 Å². The molecule has 15 heavy (non-hydrogen) atoms. The fourth-order valence-corrected chi connectivity index (χ4v) is 2.77. The fourth-order valence-electron chi connectivity index (χ4n) is 2.77. The molecule has 2 nitrogen and oxygen atoms in total. The molecule has 2 atom stereocenters. The molecule has 0 aromatic rings. The smallest absolute Gasteiger partial charge is 0.0827 e. The Bertz CT molecular complexity index is 183. The minimum absolute atomic E-state index is 0.368. The summed E-state index contributed by atoms with van der Waals surface area (Å²) in [5, 5.41) is 19.9. The summed E-state index contributed by atoms with van der Waals surface area (Å²) in [7, 11) is 0. The maximum Gasteiger partial charge on any atom is 0.0827 e. The van der Waals surface area contributed by atoms with Gasteiger partial charge in [0.15, 0.2) is 0 Å². The van der Waals surface area contributed by atoms with Crippen LogP contribution in [0.1, 0.15) is 57.8 Å². The van der Waals surface area contributed by atoms with Crippen LogP contribution < -0.4 is 0 Å². The van der Waals surface area contributed by atoms with Crippen molar-refractivity contribution in [1.29, 1.82) is 0 Å². The summed E-state index contributed by atoms with van der Waals surface area (Å²) in [6, 6.07) is 0. The standard InChI is InChI=1S/C13H24O2/c14-12(9-8-10-6-7-10)13(15)11-4-2-1-3-5-11/h10-15H,1-9H2. The van der Waals surface area contributed by atoms with Crippen LogP contribution in [-0.4, -0.2) is 22.4 Å². The van der Waals surface area contributed by atoms with Gasteiger partial charge in [0.05, 0.1) is 12.2 Å². The van der Waals surface area contributed by atoms with Crippen molar-refractivity contribution in [2.24, 2.45) is 11.8 Å². The highest BCUT2D eigenvalue weighted by Crippen LogP contribution is 2.35. The van der Waals surface area contributed by atoms with E-state index in [4.69, 9.17) is 0 Å². The molecule has 88 valence electrons. The highest BCUT2D eigenvalue weighted by molar-refractivity contribution is 4.81. The van der Waals surface area contributed by atoms with E-state index in [1.807, 2.05) is 0 Å². The molecule has 2 saturated carbocycles. The molecule has 2 aliphatic rings.